The Labute approximate surface area is 109 Å². The van der Waals surface area contributed by atoms with E-state index in [1.165, 1.54) is 11.3 Å². The number of halogens is 3. The highest BCUT2D eigenvalue weighted by Gasteiger charge is 2.26. The molecule has 9 heteroatoms. The van der Waals surface area contributed by atoms with Gasteiger partial charge in [-0.05, 0) is 12.1 Å². The average Bonchev–Trinajstić information content (AvgIpc) is 2.85. The second-order valence-corrected chi connectivity index (χ2v) is 5.09. The van der Waals surface area contributed by atoms with Crippen LogP contribution in [0.4, 0.5) is 8.78 Å². The highest BCUT2D eigenvalue weighted by Crippen LogP contribution is 2.25. The van der Waals surface area contributed by atoms with Crippen molar-refractivity contribution in [3.63, 3.8) is 0 Å². The van der Waals surface area contributed by atoms with Crippen LogP contribution in [0.25, 0.3) is 0 Å². The van der Waals surface area contributed by atoms with Crippen LogP contribution in [0.1, 0.15) is 27.5 Å². The maximum atomic E-state index is 12.8. The molecule has 0 saturated heterocycles. The number of carboxylic acids is 1. The molecule has 0 fully saturated rings. The van der Waals surface area contributed by atoms with Gasteiger partial charge in [-0.1, -0.05) is 16.8 Å². The molecule has 0 unspecified atom stereocenters. The van der Waals surface area contributed by atoms with Crippen molar-refractivity contribution in [1.82, 2.24) is 15.0 Å². The zero-order chi connectivity index (χ0) is 13.3. The Hall–Kier alpha value is -1.54. The fourth-order valence-electron chi connectivity index (χ4n) is 1.39. The number of hydrogen-bond acceptors (Lipinski definition) is 4. The summed E-state index contributed by atoms with van der Waals surface area (Å²) in [6.45, 7) is 0.0112. The van der Waals surface area contributed by atoms with Crippen molar-refractivity contribution >= 4 is 28.9 Å². The highest BCUT2D eigenvalue weighted by molar-refractivity contribution is 7.16. The van der Waals surface area contributed by atoms with E-state index in [0.29, 0.717) is 9.21 Å². The van der Waals surface area contributed by atoms with Crippen molar-refractivity contribution < 1.29 is 18.7 Å². The molecule has 0 bridgehead atoms. The first kappa shape index (κ1) is 12.9. The molecule has 0 aliphatic heterocycles. The number of nitrogens with zero attached hydrogens (tertiary/aromatic N) is 3. The topological polar surface area (TPSA) is 68.0 Å². The molecule has 0 aliphatic rings. The van der Waals surface area contributed by atoms with E-state index in [1.54, 1.807) is 12.1 Å². The maximum Gasteiger partial charge on any atom is 0.358 e. The Morgan fingerprint density at radius 3 is 2.78 bits per heavy atom. The monoisotopic (exact) mass is 293 g/mol. The van der Waals surface area contributed by atoms with Crippen molar-refractivity contribution in [1.29, 1.82) is 0 Å². The summed E-state index contributed by atoms with van der Waals surface area (Å²) < 4.78 is 27.0. The lowest BCUT2D eigenvalue weighted by molar-refractivity contribution is 0.0675. The third-order valence-corrected chi connectivity index (χ3v) is 3.33. The van der Waals surface area contributed by atoms with Crippen LogP contribution in [0.3, 0.4) is 0 Å². The summed E-state index contributed by atoms with van der Waals surface area (Å²) in [5.41, 5.74) is -1.43. The minimum atomic E-state index is -2.96. The molecule has 96 valence electrons. The molecule has 0 amide bonds. The van der Waals surface area contributed by atoms with E-state index in [4.69, 9.17) is 16.7 Å². The molecule has 1 N–H and O–H groups in total. The molecule has 2 aromatic heterocycles. The standard InChI is InChI=1S/C9H6ClF2N3O2S/c10-5-2-1-4(18-5)3-15-7(8(11)12)6(9(16)17)13-14-15/h1-2,8H,3H2,(H,16,17). The Kier molecular flexibility index (Phi) is 3.58. The number of aromatic nitrogens is 3. The number of carboxylic acid groups (broad SMARTS) is 1. The molecule has 2 rings (SSSR count). The number of alkyl halides is 2. The first-order chi connectivity index (χ1) is 8.49. The number of rotatable bonds is 4. The maximum absolute atomic E-state index is 12.8. The molecule has 2 aromatic rings. The minimum absolute atomic E-state index is 0.0112. The second-order valence-electron chi connectivity index (χ2n) is 3.29. The molecule has 0 saturated carbocycles. The van der Waals surface area contributed by atoms with Crippen molar-refractivity contribution in [2.45, 2.75) is 13.0 Å². The summed E-state index contributed by atoms with van der Waals surface area (Å²) in [6, 6.07) is 3.28. The Morgan fingerprint density at radius 2 is 2.28 bits per heavy atom. The molecule has 0 aromatic carbocycles. The van der Waals surface area contributed by atoms with Gasteiger partial charge in [-0.15, -0.1) is 16.4 Å². The van der Waals surface area contributed by atoms with E-state index in [0.717, 1.165) is 4.68 Å². The van der Waals surface area contributed by atoms with Crippen LogP contribution in [0, 0.1) is 0 Å². The zero-order valence-corrected chi connectivity index (χ0v) is 10.3. The van der Waals surface area contributed by atoms with Crippen LogP contribution in [0.2, 0.25) is 4.34 Å². The molecular formula is C9H6ClF2N3O2S. The Balaban J connectivity index is 2.36. The minimum Gasteiger partial charge on any atom is -0.476 e. The predicted molar refractivity (Wildman–Crippen MR) is 60.4 cm³/mol. The van der Waals surface area contributed by atoms with Crippen LogP contribution in [0.5, 0.6) is 0 Å². The number of thiophene rings is 1. The zero-order valence-electron chi connectivity index (χ0n) is 8.68. The van der Waals surface area contributed by atoms with Crippen molar-refractivity contribution in [3.8, 4) is 0 Å². The summed E-state index contributed by atoms with van der Waals surface area (Å²) in [4.78, 5) is 11.4. The molecule has 5 nitrogen and oxygen atoms in total. The van der Waals surface area contributed by atoms with Gasteiger partial charge in [-0.2, -0.15) is 0 Å². The normalized spacial score (nSPS) is 11.1. The Morgan fingerprint density at radius 1 is 1.56 bits per heavy atom. The Bertz CT molecular complexity index is 584. The van der Waals surface area contributed by atoms with Gasteiger partial charge in [0, 0.05) is 4.88 Å². The molecule has 18 heavy (non-hydrogen) atoms. The molecule has 0 atom stereocenters. The average molecular weight is 294 g/mol. The largest absolute Gasteiger partial charge is 0.476 e. The van der Waals surface area contributed by atoms with E-state index in [-0.39, 0.29) is 6.54 Å². The van der Waals surface area contributed by atoms with E-state index >= 15 is 0 Å². The van der Waals surface area contributed by atoms with Gasteiger partial charge < -0.3 is 5.11 Å². The molecule has 0 spiro atoms. The molecule has 2 heterocycles. The lowest BCUT2D eigenvalue weighted by atomic mass is 10.3. The van der Waals surface area contributed by atoms with Crippen LogP contribution >= 0.6 is 22.9 Å². The summed E-state index contributed by atoms with van der Waals surface area (Å²) >= 11 is 6.92. The summed E-state index contributed by atoms with van der Waals surface area (Å²) in [6.07, 6.45) is -2.96. The van der Waals surface area contributed by atoms with Crippen LogP contribution in [-0.4, -0.2) is 26.1 Å². The van der Waals surface area contributed by atoms with E-state index in [2.05, 4.69) is 10.3 Å². The van der Waals surface area contributed by atoms with Gasteiger partial charge in [0.05, 0.1) is 10.9 Å². The number of hydrogen-bond donors (Lipinski definition) is 1. The highest BCUT2D eigenvalue weighted by atomic mass is 35.5. The first-order valence-electron chi connectivity index (χ1n) is 4.68. The van der Waals surface area contributed by atoms with Gasteiger partial charge in [0.2, 0.25) is 0 Å². The molecule has 0 radical (unpaired) electrons. The summed E-state index contributed by atoms with van der Waals surface area (Å²) in [5.74, 6) is -1.53. The third kappa shape index (κ3) is 2.49. The first-order valence-corrected chi connectivity index (χ1v) is 5.87. The lowest BCUT2D eigenvalue weighted by Gasteiger charge is -2.04. The van der Waals surface area contributed by atoms with Crippen molar-refractivity contribution in [2.24, 2.45) is 0 Å². The van der Waals surface area contributed by atoms with E-state index in [9.17, 15) is 13.6 Å². The summed E-state index contributed by atoms with van der Waals surface area (Å²) in [7, 11) is 0. The second kappa shape index (κ2) is 4.99. The molecule has 0 aliphatic carbocycles. The summed E-state index contributed by atoms with van der Waals surface area (Å²) in [5, 5.41) is 15.4. The van der Waals surface area contributed by atoms with E-state index < -0.39 is 23.8 Å². The fraction of sp³-hybridized carbons (Fsp3) is 0.222. The number of carbonyl (C=O) groups is 1. The SMILES string of the molecule is O=C(O)c1nnn(Cc2ccc(Cl)s2)c1C(F)F. The van der Waals surface area contributed by atoms with Gasteiger partial charge >= 0.3 is 5.97 Å². The van der Waals surface area contributed by atoms with Gasteiger partial charge in [0.1, 0.15) is 5.69 Å². The van der Waals surface area contributed by atoms with Crippen molar-refractivity contribution in [2.75, 3.05) is 0 Å². The lowest BCUT2D eigenvalue weighted by Crippen LogP contribution is -2.09. The smallest absolute Gasteiger partial charge is 0.358 e. The van der Waals surface area contributed by atoms with Crippen molar-refractivity contribution in [3.05, 3.63) is 32.7 Å². The van der Waals surface area contributed by atoms with E-state index in [1.807, 2.05) is 0 Å². The number of aromatic carboxylic acids is 1. The van der Waals surface area contributed by atoms with Gasteiger partial charge in [-0.25, -0.2) is 18.3 Å². The quantitative estimate of drug-likeness (QED) is 0.941. The van der Waals surface area contributed by atoms with Gasteiger partial charge in [-0.3, -0.25) is 0 Å². The molecular weight excluding hydrogens is 288 g/mol. The van der Waals surface area contributed by atoms with Gasteiger partial charge in [0.15, 0.2) is 5.69 Å². The predicted octanol–water partition coefficient (Wildman–Crippen LogP) is 2.68. The van der Waals surface area contributed by atoms with Gasteiger partial charge in [0.25, 0.3) is 6.43 Å². The third-order valence-electron chi connectivity index (χ3n) is 2.12. The van der Waals surface area contributed by atoms with Crippen LogP contribution in [0.15, 0.2) is 12.1 Å². The van der Waals surface area contributed by atoms with Crippen LogP contribution in [-0.2, 0) is 6.54 Å². The van der Waals surface area contributed by atoms with Crippen LogP contribution < -0.4 is 0 Å². The fourth-order valence-corrected chi connectivity index (χ4v) is 2.46.